The molecule has 0 saturated carbocycles. The van der Waals surface area contributed by atoms with Crippen molar-refractivity contribution in [3.8, 4) is 5.75 Å². The Morgan fingerprint density at radius 1 is 1.55 bits per heavy atom. The summed E-state index contributed by atoms with van der Waals surface area (Å²) in [5.74, 6) is 1.12. The lowest BCUT2D eigenvalue weighted by molar-refractivity contribution is -0.170. The van der Waals surface area contributed by atoms with E-state index in [0.717, 1.165) is 18.8 Å². The lowest BCUT2D eigenvalue weighted by Gasteiger charge is -2.50. The number of rotatable bonds is 6. The second kappa shape index (κ2) is 6.62. The van der Waals surface area contributed by atoms with Crippen molar-refractivity contribution >= 4 is 5.91 Å². The largest absolute Gasteiger partial charge is 0.492 e. The lowest BCUT2D eigenvalue weighted by atomic mass is 9.81. The van der Waals surface area contributed by atoms with Gasteiger partial charge in [0, 0.05) is 25.3 Å². The van der Waals surface area contributed by atoms with Gasteiger partial charge in [-0.3, -0.25) is 9.78 Å². The molecule has 2 fully saturated rings. The predicted molar refractivity (Wildman–Crippen MR) is 79.6 cm³/mol. The fourth-order valence-electron chi connectivity index (χ4n) is 3.06. The van der Waals surface area contributed by atoms with Crippen LogP contribution in [0.3, 0.4) is 0 Å². The summed E-state index contributed by atoms with van der Waals surface area (Å²) in [5.41, 5.74) is -0.232. The van der Waals surface area contributed by atoms with Gasteiger partial charge in [0.05, 0.1) is 25.9 Å². The Labute approximate surface area is 130 Å². The summed E-state index contributed by atoms with van der Waals surface area (Å²) < 4.78 is 16.9. The summed E-state index contributed by atoms with van der Waals surface area (Å²) in [7, 11) is 0. The molecule has 1 spiro atoms. The van der Waals surface area contributed by atoms with Crippen LogP contribution in [0.15, 0.2) is 24.5 Å². The van der Waals surface area contributed by atoms with Crippen LogP contribution < -0.4 is 4.74 Å². The van der Waals surface area contributed by atoms with E-state index in [1.807, 2.05) is 19.1 Å². The molecule has 3 rings (SSSR count). The predicted octanol–water partition coefficient (Wildman–Crippen LogP) is 1.11. The second-order valence-electron chi connectivity index (χ2n) is 5.79. The Morgan fingerprint density at radius 3 is 3.14 bits per heavy atom. The van der Waals surface area contributed by atoms with E-state index in [1.54, 1.807) is 17.3 Å². The molecule has 6 nitrogen and oxygen atoms in total. The smallest absolute Gasteiger partial charge is 0.248 e. The molecule has 6 heteroatoms. The van der Waals surface area contributed by atoms with E-state index in [9.17, 15) is 4.79 Å². The van der Waals surface area contributed by atoms with Gasteiger partial charge in [0.15, 0.2) is 0 Å². The van der Waals surface area contributed by atoms with Crippen LogP contribution in [-0.4, -0.2) is 60.9 Å². The molecule has 22 heavy (non-hydrogen) atoms. The number of carbonyl (C=O) groups is 1. The van der Waals surface area contributed by atoms with Crippen LogP contribution in [0.2, 0.25) is 0 Å². The van der Waals surface area contributed by atoms with E-state index in [2.05, 4.69) is 4.98 Å². The minimum atomic E-state index is -0.232. The summed E-state index contributed by atoms with van der Waals surface area (Å²) in [6, 6.07) is 3.75. The molecule has 0 bridgehead atoms. The summed E-state index contributed by atoms with van der Waals surface area (Å²) in [6.45, 7) is 5.21. The van der Waals surface area contributed by atoms with Crippen LogP contribution in [0, 0.1) is 5.92 Å². The van der Waals surface area contributed by atoms with Gasteiger partial charge >= 0.3 is 0 Å². The Balaban J connectivity index is 1.51. The van der Waals surface area contributed by atoms with Gasteiger partial charge in [0.2, 0.25) is 5.91 Å². The first kappa shape index (κ1) is 15.2. The summed E-state index contributed by atoms with van der Waals surface area (Å²) in [6.07, 6.45) is 4.40. The number of nitrogens with zero attached hydrogens (tertiary/aromatic N) is 2. The number of amides is 1. The fraction of sp³-hybridized carbons (Fsp3) is 0.625. The minimum Gasteiger partial charge on any atom is -0.492 e. The third kappa shape index (κ3) is 3.08. The van der Waals surface area contributed by atoms with Gasteiger partial charge in [0.25, 0.3) is 0 Å². The average molecular weight is 306 g/mol. The molecular weight excluding hydrogens is 284 g/mol. The first-order chi connectivity index (χ1) is 10.7. The van der Waals surface area contributed by atoms with E-state index in [-0.39, 0.29) is 18.1 Å². The molecule has 0 N–H and O–H groups in total. The van der Waals surface area contributed by atoms with Crippen molar-refractivity contribution < 1.29 is 19.0 Å². The number of aromatic nitrogens is 1. The highest BCUT2D eigenvalue weighted by atomic mass is 16.5. The molecule has 2 aliphatic heterocycles. The van der Waals surface area contributed by atoms with Gasteiger partial charge in [-0.15, -0.1) is 0 Å². The number of hydrogen-bond donors (Lipinski definition) is 0. The van der Waals surface area contributed by atoms with Crippen molar-refractivity contribution in [1.82, 2.24) is 9.88 Å². The molecule has 2 saturated heterocycles. The zero-order valence-corrected chi connectivity index (χ0v) is 12.9. The van der Waals surface area contributed by atoms with Crippen molar-refractivity contribution in [1.29, 1.82) is 0 Å². The molecule has 0 radical (unpaired) electrons. The summed E-state index contributed by atoms with van der Waals surface area (Å²) >= 11 is 0. The Kier molecular flexibility index (Phi) is 4.59. The Hall–Kier alpha value is -1.66. The van der Waals surface area contributed by atoms with Gasteiger partial charge in [-0.05, 0) is 25.5 Å². The first-order valence-electron chi connectivity index (χ1n) is 7.76. The maximum Gasteiger partial charge on any atom is 0.248 e. The van der Waals surface area contributed by atoms with E-state index in [4.69, 9.17) is 14.2 Å². The van der Waals surface area contributed by atoms with Gasteiger partial charge in [-0.2, -0.15) is 0 Å². The number of ether oxygens (including phenoxy) is 3. The zero-order valence-electron chi connectivity index (χ0n) is 12.9. The van der Waals surface area contributed by atoms with Crippen LogP contribution >= 0.6 is 0 Å². The Bertz CT molecular complexity index is 502. The van der Waals surface area contributed by atoms with Crippen molar-refractivity contribution in [2.75, 3.05) is 39.5 Å². The highest BCUT2D eigenvalue weighted by molar-refractivity contribution is 5.78. The monoisotopic (exact) mass is 306 g/mol. The molecule has 1 aromatic rings. The van der Waals surface area contributed by atoms with E-state index in [0.29, 0.717) is 32.2 Å². The van der Waals surface area contributed by atoms with Gasteiger partial charge in [-0.1, -0.05) is 0 Å². The molecule has 0 aromatic carbocycles. The van der Waals surface area contributed by atoms with Crippen LogP contribution in [0.5, 0.6) is 5.75 Å². The van der Waals surface area contributed by atoms with Gasteiger partial charge < -0.3 is 19.1 Å². The number of likely N-dealkylation sites (tertiary alicyclic amines) is 1. The number of pyridine rings is 1. The fourth-order valence-corrected chi connectivity index (χ4v) is 3.06. The standard InChI is InChI=1S/C16H22N2O4/c1-2-20-10-15(19)18-11-16(12-18)13(5-7-22-16)9-21-14-4-3-6-17-8-14/h3-4,6,8,13H,2,5,7,9-12H2,1H3/t13-/m0/s1. The maximum atomic E-state index is 11.9. The zero-order chi connectivity index (χ0) is 15.4. The van der Waals surface area contributed by atoms with Crippen molar-refractivity contribution in [2.45, 2.75) is 18.9 Å². The van der Waals surface area contributed by atoms with Gasteiger partial charge in [0.1, 0.15) is 18.0 Å². The molecule has 1 aromatic heterocycles. The quantitative estimate of drug-likeness (QED) is 0.788. The first-order valence-corrected chi connectivity index (χ1v) is 7.76. The van der Waals surface area contributed by atoms with E-state index < -0.39 is 0 Å². The minimum absolute atomic E-state index is 0.0369. The van der Waals surface area contributed by atoms with Crippen LogP contribution in [0.1, 0.15) is 13.3 Å². The van der Waals surface area contributed by atoms with E-state index >= 15 is 0 Å². The van der Waals surface area contributed by atoms with Crippen LogP contribution in [0.25, 0.3) is 0 Å². The number of carbonyl (C=O) groups excluding carboxylic acids is 1. The lowest BCUT2D eigenvalue weighted by Crippen LogP contribution is -2.67. The highest BCUT2D eigenvalue weighted by Gasteiger charge is 2.54. The third-order valence-corrected chi connectivity index (χ3v) is 4.38. The molecule has 2 aliphatic rings. The average Bonchev–Trinajstić information content (AvgIpc) is 2.94. The molecule has 0 aliphatic carbocycles. The summed E-state index contributed by atoms with van der Waals surface area (Å²) in [5, 5.41) is 0. The second-order valence-corrected chi connectivity index (χ2v) is 5.79. The van der Waals surface area contributed by atoms with Crippen molar-refractivity contribution in [2.24, 2.45) is 5.92 Å². The molecule has 1 amide bonds. The molecule has 0 unspecified atom stereocenters. The SMILES string of the molecule is CCOCC(=O)N1CC2(C1)OCC[C@H]2COc1cccnc1. The highest BCUT2D eigenvalue weighted by Crippen LogP contribution is 2.40. The van der Waals surface area contributed by atoms with Crippen LogP contribution in [0.4, 0.5) is 0 Å². The topological polar surface area (TPSA) is 60.9 Å². The van der Waals surface area contributed by atoms with Crippen LogP contribution in [-0.2, 0) is 14.3 Å². The molecule has 1 atom stereocenters. The van der Waals surface area contributed by atoms with Gasteiger partial charge in [-0.25, -0.2) is 0 Å². The van der Waals surface area contributed by atoms with Crippen molar-refractivity contribution in [3.63, 3.8) is 0 Å². The van der Waals surface area contributed by atoms with E-state index in [1.165, 1.54) is 0 Å². The maximum absolute atomic E-state index is 11.9. The molecular formula is C16H22N2O4. The van der Waals surface area contributed by atoms with Crippen molar-refractivity contribution in [3.05, 3.63) is 24.5 Å². The molecule has 120 valence electrons. The Morgan fingerprint density at radius 2 is 2.41 bits per heavy atom. The number of hydrogen-bond acceptors (Lipinski definition) is 5. The summed E-state index contributed by atoms with van der Waals surface area (Å²) in [4.78, 5) is 17.8. The third-order valence-electron chi connectivity index (χ3n) is 4.38. The molecule has 3 heterocycles. The normalized spacial score (nSPS) is 22.6.